The first-order chi connectivity index (χ1) is 16.5. The van der Waals surface area contributed by atoms with Gasteiger partial charge in [-0.25, -0.2) is 9.37 Å². The number of nitrogens with one attached hydrogen (secondary N) is 1. The maximum absolute atomic E-state index is 13.3. The Balaban J connectivity index is 1.37. The van der Waals surface area contributed by atoms with E-state index in [2.05, 4.69) is 17.2 Å². The minimum Gasteiger partial charge on any atom is -0.343 e. The summed E-state index contributed by atoms with van der Waals surface area (Å²) in [6, 6.07) is 13.7. The quantitative estimate of drug-likeness (QED) is 0.376. The smallest absolute Gasteiger partial charge is 0.275 e. The fourth-order valence-corrected chi connectivity index (χ4v) is 5.27. The minimum atomic E-state index is -0.299. The zero-order chi connectivity index (χ0) is 23.9. The molecule has 2 amide bonds. The number of hydrogen-bond donors (Lipinski definition) is 1. The number of anilines is 1. The van der Waals surface area contributed by atoms with E-state index < -0.39 is 0 Å². The van der Waals surface area contributed by atoms with Crippen LogP contribution in [0.1, 0.15) is 66.9 Å². The molecule has 1 aliphatic rings. The molecule has 1 saturated heterocycles. The van der Waals surface area contributed by atoms with E-state index in [9.17, 15) is 14.0 Å². The first kappa shape index (κ1) is 24.1. The molecule has 34 heavy (non-hydrogen) atoms. The standard InChI is InChI=1S/C27H30FN3O2S/c1-2-3-4-9-25(32)31-16-14-20(15-17-31)27-30-24(18-34-27)26(33)29-23-8-6-5-7-22(23)19-10-12-21(28)13-11-19/h5-8,10-13,18,20H,2-4,9,14-17H2,1H3,(H,29,33). The normalized spacial score (nSPS) is 14.2. The van der Waals surface area contributed by atoms with Gasteiger partial charge in [-0.05, 0) is 43.0 Å². The van der Waals surface area contributed by atoms with Crippen LogP contribution < -0.4 is 5.32 Å². The average Bonchev–Trinajstić information content (AvgIpc) is 3.36. The highest BCUT2D eigenvalue weighted by molar-refractivity contribution is 7.10. The van der Waals surface area contributed by atoms with E-state index in [1.165, 1.54) is 23.5 Å². The number of nitrogens with zero attached hydrogens (tertiary/aromatic N) is 2. The summed E-state index contributed by atoms with van der Waals surface area (Å²) in [7, 11) is 0. The topological polar surface area (TPSA) is 62.3 Å². The summed E-state index contributed by atoms with van der Waals surface area (Å²) in [6.07, 6.45) is 5.57. The van der Waals surface area contributed by atoms with Gasteiger partial charge in [0.25, 0.3) is 5.91 Å². The highest BCUT2D eigenvalue weighted by Crippen LogP contribution is 2.32. The predicted molar refractivity (Wildman–Crippen MR) is 135 cm³/mol. The Hall–Kier alpha value is -3.06. The van der Waals surface area contributed by atoms with Crippen molar-refractivity contribution in [2.75, 3.05) is 18.4 Å². The Morgan fingerprint density at radius 1 is 1.09 bits per heavy atom. The van der Waals surface area contributed by atoms with Crippen LogP contribution in [0.3, 0.4) is 0 Å². The van der Waals surface area contributed by atoms with E-state index in [0.29, 0.717) is 17.8 Å². The summed E-state index contributed by atoms with van der Waals surface area (Å²) in [5.41, 5.74) is 2.70. The molecule has 0 atom stereocenters. The van der Waals surface area contributed by atoms with Crippen LogP contribution in [0.5, 0.6) is 0 Å². The van der Waals surface area contributed by atoms with Gasteiger partial charge in [-0.3, -0.25) is 9.59 Å². The van der Waals surface area contributed by atoms with Gasteiger partial charge in [-0.15, -0.1) is 11.3 Å². The van der Waals surface area contributed by atoms with Crippen LogP contribution in [0, 0.1) is 5.82 Å². The molecule has 2 heterocycles. The van der Waals surface area contributed by atoms with Crippen molar-refractivity contribution >= 4 is 28.8 Å². The monoisotopic (exact) mass is 479 g/mol. The molecule has 2 aromatic carbocycles. The average molecular weight is 480 g/mol. The molecular weight excluding hydrogens is 449 g/mol. The SMILES string of the molecule is CCCCCC(=O)N1CCC(c2nc(C(=O)Nc3ccccc3-c3ccc(F)cc3)cs2)CC1. The summed E-state index contributed by atoms with van der Waals surface area (Å²) in [6.45, 7) is 3.65. The van der Waals surface area contributed by atoms with Crippen molar-refractivity contribution in [2.24, 2.45) is 0 Å². The first-order valence-electron chi connectivity index (χ1n) is 11.9. The van der Waals surface area contributed by atoms with Crippen LogP contribution in [-0.2, 0) is 4.79 Å². The fraction of sp³-hybridized carbons (Fsp3) is 0.370. The molecule has 0 radical (unpaired) electrons. The Morgan fingerprint density at radius 2 is 1.82 bits per heavy atom. The molecule has 5 nitrogen and oxygen atoms in total. The zero-order valence-electron chi connectivity index (χ0n) is 19.4. The van der Waals surface area contributed by atoms with Crippen molar-refractivity contribution in [2.45, 2.75) is 51.4 Å². The number of piperidine rings is 1. The Morgan fingerprint density at radius 3 is 2.56 bits per heavy atom. The second kappa shape index (κ2) is 11.4. The number of thiazole rings is 1. The van der Waals surface area contributed by atoms with Crippen molar-refractivity contribution in [3.63, 3.8) is 0 Å². The lowest BCUT2D eigenvalue weighted by molar-refractivity contribution is -0.132. The van der Waals surface area contributed by atoms with E-state index in [-0.39, 0.29) is 23.5 Å². The molecule has 0 saturated carbocycles. The maximum Gasteiger partial charge on any atom is 0.275 e. The minimum absolute atomic E-state index is 0.255. The van der Waals surface area contributed by atoms with Crippen molar-refractivity contribution in [1.29, 1.82) is 0 Å². The molecule has 3 aromatic rings. The fourth-order valence-electron chi connectivity index (χ4n) is 4.30. The van der Waals surface area contributed by atoms with E-state index in [4.69, 9.17) is 0 Å². The molecule has 0 spiro atoms. The summed E-state index contributed by atoms with van der Waals surface area (Å²) in [4.78, 5) is 31.9. The van der Waals surface area contributed by atoms with E-state index in [1.54, 1.807) is 17.5 Å². The summed E-state index contributed by atoms with van der Waals surface area (Å²) in [5, 5.41) is 5.71. The molecule has 1 N–H and O–H groups in total. The highest BCUT2D eigenvalue weighted by Gasteiger charge is 2.26. The van der Waals surface area contributed by atoms with Crippen molar-refractivity contribution in [3.05, 3.63) is 70.4 Å². The maximum atomic E-state index is 13.3. The third kappa shape index (κ3) is 5.89. The molecule has 1 fully saturated rings. The van der Waals surface area contributed by atoms with Crippen molar-refractivity contribution in [1.82, 2.24) is 9.88 Å². The first-order valence-corrected chi connectivity index (χ1v) is 12.8. The van der Waals surface area contributed by atoms with Crippen molar-refractivity contribution in [3.8, 4) is 11.1 Å². The van der Waals surface area contributed by atoms with E-state index in [1.807, 2.05) is 29.2 Å². The van der Waals surface area contributed by atoms with Crippen LogP contribution in [0.2, 0.25) is 0 Å². The van der Waals surface area contributed by atoms with Crippen LogP contribution in [0.15, 0.2) is 53.9 Å². The molecule has 1 aliphatic heterocycles. The number of carbonyl (C=O) groups excluding carboxylic acids is 2. The van der Waals surface area contributed by atoms with Gasteiger partial charge in [0.05, 0.1) is 5.01 Å². The second-order valence-corrected chi connectivity index (χ2v) is 9.58. The third-order valence-electron chi connectivity index (χ3n) is 6.28. The molecule has 1 aromatic heterocycles. The van der Waals surface area contributed by atoms with Gasteiger partial charge < -0.3 is 10.2 Å². The van der Waals surface area contributed by atoms with Gasteiger partial charge in [0.15, 0.2) is 0 Å². The summed E-state index contributed by atoms with van der Waals surface area (Å²) < 4.78 is 13.3. The zero-order valence-corrected chi connectivity index (χ0v) is 20.2. The molecular formula is C27H30FN3O2S. The molecule has 0 bridgehead atoms. The van der Waals surface area contributed by atoms with Crippen LogP contribution in [0.25, 0.3) is 11.1 Å². The van der Waals surface area contributed by atoms with Gasteiger partial charge in [-0.1, -0.05) is 50.1 Å². The Kier molecular flexibility index (Phi) is 8.06. The number of amides is 2. The van der Waals surface area contributed by atoms with Gasteiger partial charge in [-0.2, -0.15) is 0 Å². The van der Waals surface area contributed by atoms with Crippen molar-refractivity contribution < 1.29 is 14.0 Å². The second-order valence-electron chi connectivity index (χ2n) is 8.69. The number of benzene rings is 2. The van der Waals surface area contributed by atoms with Gasteiger partial charge in [0, 0.05) is 42.1 Å². The number of unbranched alkanes of at least 4 members (excludes halogenated alkanes) is 2. The molecule has 4 rings (SSSR count). The molecule has 7 heteroatoms. The van der Waals surface area contributed by atoms with Crippen LogP contribution in [0.4, 0.5) is 10.1 Å². The number of aromatic nitrogens is 1. The predicted octanol–water partition coefficient (Wildman–Crippen LogP) is 6.49. The van der Waals surface area contributed by atoms with Crippen LogP contribution >= 0.6 is 11.3 Å². The van der Waals surface area contributed by atoms with Crippen LogP contribution in [-0.4, -0.2) is 34.8 Å². The molecule has 0 unspecified atom stereocenters. The molecule has 0 aliphatic carbocycles. The number of hydrogen-bond acceptors (Lipinski definition) is 4. The number of likely N-dealkylation sites (tertiary alicyclic amines) is 1. The van der Waals surface area contributed by atoms with Gasteiger partial charge in [0.1, 0.15) is 11.5 Å². The Labute approximate surface area is 204 Å². The third-order valence-corrected chi connectivity index (χ3v) is 7.28. The lowest BCUT2D eigenvalue weighted by atomic mass is 9.97. The number of rotatable bonds is 8. The number of carbonyl (C=O) groups is 2. The summed E-state index contributed by atoms with van der Waals surface area (Å²) in [5.74, 6) is -0.0313. The van der Waals surface area contributed by atoms with Gasteiger partial charge >= 0.3 is 0 Å². The highest BCUT2D eigenvalue weighted by atomic mass is 32.1. The van der Waals surface area contributed by atoms with Gasteiger partial charge in [0.2, 0.25) is 5.91 Å². The molecule has 178 valence electrons. The number of halogens is 1. The Bertz CT molecular complexity index is 1120. The summed E-state index contributed by atoms with van der Waals surface area (Å²) >= 11 is 1.51. The lowest BCUT2D eigenvalue weighted by Gasteiger charge is -2.31. The number of para-hydroxylation sites is 1. The van der Waals surface area contributed by atoms with E-state index >= 15 is 0 Å². The van der Waals surface area contributed by atoms with E-state index in [0.717, 1.165) is 61.3 Å². The lowest BCUT2D eigenvalue weighted by Crippen LogP contribution is -2.37. The largest absolute Gasteiger partial charge is 0.343 e.